The van der Waals surface area contributed by atoms with Crippen LogP contribution in [0.4, 0.5) is 5.69 Å². The number of primary amides is 1. The molecular formula is C6H8N4O2. The van der Waals surface area contributed by atoms with E-state index >= 15 is 0 Å². The Labute approximate surface area is 68.3 Å². The quantitative estimate of drug-likeness (QED) is 0.572. The van der Waals surface area contributed by atoms with Crippen LogP contribution in [0.15, 0.2) is 6.20 Å². The van der Waals surface area contributed by atoms with Crippen molar-refractivity contribution in [2.45, 2.75) is 0 Å². The Hall–Kier alpha value is -1.85. The Balaban J connectivity index is 3.11. The first-order valence-corrected chi connectivity index (χ1v) is 3.18. The summed E-state index contributed by atoms with van der Waals surface area (Å²) in [6.45, 7) is 0. The molecule has 1 rings (SSSR count). The first-order chi connectivity index (χ1) is 5.66. The van der Waals surface area contributed by atoms with Crippen molar-refractivity contribution in [2.24, 2.45) is 12.8 Å². The predicted molar refractivity (Wildman–Crippen MR) is 41.4 cm³/mol. The van der Waals surface area contributed by atoms with E-state index in [-0.39, 0.29) is 5.69 Å². The van der Waals surface area contributed by atoms with Crippen LogP contribution < -0.4 is 11.1 Å². The van der Waals surface area contributed by atoms with Gasteiger partial charge >= 0.3 is 0 Å². The van der Waals surface area contributed by atoms with Gasteiger partial charge in [0.2, 0.25) is 6.41 Å². The van der Waals surface area contributed by atoms with Crippen molar-refractivity contribution < 1.29 is 9.59 Å². The van der Waals surface area contributed by atoms with Crippen LogP contribution in [0, 0.1) is 0 Å². The minimum atomic E-state index is -0.626. The summed E-state index contributed by atoms with van der Waals surface area (Å²) in [5.41, 5.74) is 5.54. The molecule has 6 heteroatoms. The van der Waals surface area contributed by atoms with E-state index in [4.69, 9.17) is 5.73 Å². The highest BCUT2D eigenvalue weighted by Gasteiger charge is 2.12. The maximum atomic E-state index is 10.8. The van der Waals surface area contributed by atoms with Gasteiger partial charge in [-0.05, 0) is 0 Å². The molecule has 0 aliphatic carbocycles. The third-order valence-corrected chi connectivity index (χ3v) is 1.39. The number of hydrogen-bond acceptors (Lipinski definition) is 3. The molecule has 0 aliphatic heterocycles. The van der Waals surface area contributed by atoms with Gasteiger partial charge in [0.15, 0.2) is 0 Å². The van der Waals surface area contributed by atoms with Crippen LogP contribution in [-0.4, -0.2) is 22.1 Å². The maximum absolute atomic E-state index is 10.8. The fourth-order valence-electron chi connectivity index (χ4n) is 0.899. The Morgan fingerprint density at radius 3 is 3.00 bits per heavy atom. The van der Waals surface area contributed by atoms with Gasteiger partial charge in [-0.3, -0.25) is 14.3 Å². The monoisotopic (exact) mass is 168 g/mol. The molecule has 0 saturated carbocycles. The number of carbonyl (C=O) groups excluding carboxylic acids is 2. The summed E-state index contributed by atoms with van der Waals surface area (Å²) in [6, 6.07) is 0. The highest BCUT2D eigenvalue weighted by atomic mass is 16.1. The molecule has 12 heavy (non-hydrogen) atoms. The van der Waals surface area contributed by atoms with Crippen LogP contribution in [0.1, 0.15) is 10.5 Å². The topological polar surface area (TPSA) is 90.0 Å². The minimum Gasteiger partial charge on any atom is -0.364 e. The number of carbonyl (C=O) groups is 2. The van der Waals surface area contributed by atoms with Crippen LogP contribution in [-0.2, 0) is 11.8 Å². The molecular weight excluding hydrogens is 160 g/mol. The fourth-order valence-corrected chi connectivity index (χ4v) is 0.899. The second-order valence-electron chi connectivity index (χ2n) is 2.16. The van der Waals surface area contributed by atoms with Gasteiger partial charge < -0.3 is 11.1 Å². The van der Waals surface area contributed by atoms with Crippen molar-refractivity contribution in [1.82, 2.24) is 9.78 Å². The van der Waals surface area contributed by atoms with E-state index in [1.54, 1.807) is 7.05 Å². The smallest absolute Gasteiger partial charge is 0.269 e. The van der Waals surface area contributed by atoms with Crippen molar-refractivity contribution in [3.63, 3.8) is 0 Å². The predicted octanol–water partition coefficient (Wildman–Crippen LogP) is -0.913. The molecule has 1 aromatic heterocycles. The van der Waals surface area contributed by atoms with E-state index in [9.17, 15) is 9.59 Å². The molecule has 0 unspecified atom stereocenters. The Kier molecular flexibility index (Phi) is 2.09. The summed E-state index contributed by atoms with van der Waals surface area (Å²) >= 11 is 0. The number of amides is 2. The van der Waals surface area contributed by atoms with Gasteiger partial charge in [-0.15, -0.1) is 0 Å². The van der Waals surface area contributed by atoms with Crippen molar-refractivity contribution in [1.29, 1.82) is 0 Å². The summed E-state index contributed by atoms with van der Waals surface area (Å²) in [7, 11) is 1.57. The van der Waals surface area contributed by atoms with E-state index in [0.717, 1.165) is 0 Å². The maximum Gasteiger partial charge on any atom is 0.269 e. The van der Waals surface area contributed by atoms with E-state index in [0.29, 0.717) is 12.1 Å². The second-order valence-corrected chi connectivity index (χ2v) is 2.16. The lowest BCUT2D eigenvalue weighted by atomic mass is 10.3. The molecule has 0 spiro atoms. The molecule has 0 bridgehead atoms. The number of hydrogen-bond donors (Lipinski definition) is 2. The second kappa shape index (κ2) is 3.04. The molecule has 0 saturated heterocycles. The zero-order chi connectivity index (χ0) is 9.14. The van der Waals surface area contributed by atoms with Crippen LogP contribution in [0.25, 0.3) is 0 Å². The summed E-state index contributed by atoms with van der Waals surface area (Å²) in [5.74, 6) is -0.626. The summed E-state index contributed by atoms with van der Waals surface area (Å²) in [4.78, 5) is 20.8. The Bertz CT molecular complexity index is 317. The van der Waals surface area contributed by atoms with Gasteiger partial charge in [-0.25, -0.2) is 0 Å². The number of nitrogens with one attached hydrogen (secondary N) is 1. The summed E-state index contributed by atoms with van der Waals surface area (Å²) < 4.78 is 1.30. The zero-order valence-corrected chi connectivity index (χ0v) is 6.44. The highest BCUT2D eigenvalue weighted by Crippen LogP contribution is 2.11. The van der Waals surface area contributed by atoms with Crippen LogP contribution in [0.3, 0.4) is 0 Å². The molecule has 1 heterocycles. The van der Waals surface area contributed by atoms with Gasteiger partial charge in [0, 0.05) is 7.05 Å². The van der Waals surface area contributed by atoms with Gasteiger partial charge in [0.05, 0.1) is 11.9 Å². The average Bonchev–Trinajstić information content (AvgIpc) is 2.32. The van der Waals surface area contributed by atoms with Crippen molar-refractivity contribution >= 4 is 18.0 Å². The van der Waals surface area contributed by atoms with E-state index in [2.05, 4.69) is 10.4 Å². The Morgan fingerprint density at radius 2 is 2.50 bits per heavy atom. The van der Waals surface area contributed by atoms with Crippen molar-refractivity contribution in [2.75, 3.05) is 5.32 Å². The average molecular weight is 168 g/mol. The van der Waals surface area contributed by atoms with E-state index in [1.807, 2.05) is 0 Å². The number of nitrogens with zero attached hydrogens (tertiary/aromatic N) is 2. The first kappa shape index (κ1) is 8.25. The normalized spacial score (nSPS) is 9.42. The van der Waals surface area contributed by atoms with Gasteiger partial charge in [0.1, 0.15) is 5.69 Å². The third kappa shape index (κ3) is 1.26. The van der Waals surface area contributed by atoms with Crippen LogP contribution >= 0.6 is 0 Å². The summed E-state index contributed by atoms with van der Waals surface area (Å²) in [6.07, 6.45) is 1.82. The third-order valence-electron chi connectivity index (χ3n) is 1.39. The molecule has 64 valence electrons. The molecule has 0 radical (unpaired) electrons. The largest absolute Gasteiger partial charge is 0.364 e. The fraction of sp³-hybridized carbons (Fsp3) is 0.167. The number of aromatic nitrogens is 2. The molecule has 2 amide bonds. The number of anilines is 1. The highest BCUT2D eigenvalue weighted by molar-refractivity contribution is 5.98. The lowest BCUT2D eigenvalue weighted by Gasteiger charge is -1.98. The molecule has 0 fully saturated rings. The molecule has 0 aromatic carbocycles. The molecule has 6 nitrogen and oxygen atoms in total. The van der Waals surface area contributed by atoms with Crippen molar-refractivity contribution in [3.05, 3.63) is 11.9 Å². The summed E-state index contributed by atoms with van der Waals surface area (Å²) in [5, 5.41) is 6.06. The van der Waals surface area contributed by atoms with Crippen LogP contribution in [0.2, 0.25) is 0 Å². The Morgan fingerprint density at radius 1 is 1.83 bits per heavy atom. The molecule has 0 aliphatic rings. The standard InChI is InChI=1S/C6H8N4O2/c1-10-5(6(7)12)4(2-9-10)8-3-11/h2-3H,1H3,(H2,7,12)(H,8,11). The van der Waals surface area contributed by atoms with E-state index < -0.39 is 5.91 Å². The minimum absolute atomic E-state index is 0.183. The lowest BCUT2D eigenvalue weighted by Crippen LogP contribution is -2.17. The number of aryl methyl sites for hydroxylation is 1. The number of nitrogens with two attached hydrogens (primary N) is 1. The van der Waals surface area contributed by atoms with Gasteiger partial charge in [0.25, 0.3) is 5.91 Å². The molecule has 1 aromatic rings. The molecule has 3 N–H and O–H groups in total. The zero-order valence-electron chi connectivity index (χ0n) is 6.44. The molecule has 0 atom stereocenters. The van der Waals surface area contributed by atoms with Gasteiger partial charge in [-0.1, -0.05) is 0 Å². The SMILES string of the molecule is Cn1ncc(NC=O)c1C(N)=O. The van der Waals surface area contributed by atoms with Crippen molar-refractivity contribution in [3.8, 4) is 0 Å². The van der Waals surface area contributed by atoms with Gasteiger partial charge in [-0.2, -0.15) is 5.10 Å². The van der Waals surface area contributed by atoms with Crippen LogP contribution in [0.5, 0.6) is 0 Å². The lowest BCUT2D eigenvalue weighted by molar-refractivity contribution is -0.105. The number of rotatable bonds is 3. The first-order valence-electron chi connectivity index (χ1n) is 3.18. The van der Waals surface area contributed by atoms with E-state index in [1.165, 1.54) is 10.9 Å².